The van der Waals surface area contributed by atoms with Gasteiger partial charge in [0.15, 0.2) is 6.29 Å². The van der Waals surface area contributed by atoms with Gasteiger partial charge in [-0.05, 0) is 19.3 Å². The fraction of sp³-hybridized carbons (Fsp3) is 0.778. The minimum Gasteiger partial charge on any atom is -0.368 e. The molecule has 0 aromatic rings. The van der Waals surface area contributed by atoms with E-state index in [0.29, 0.717) is 0 Å². The van der Waals surface area contributed by atoms with Crippen molar-refractivity contribution in [2.45, 2.75) is 39.4 Å². The summed E-state index contributed by atoms with van der Waals surface area (Å²) in [4.78, 5) is 0. The maximum Gasteiger partial charge on any atom is 0.154 e. The van der Waals surface area contributed by atoms with Crippen molar-refractivity contribution in [3.05, 3.63) is 0 Å². The molecule has 1 aliphatic rings. The Hall–Kier alpha value is -0.520. The van der Waals surface area contributed by atoms with Crippen molar-refractivity contribution in [2.75, 3.05) is 6.61 Å². The van der Waals surface area contributed by atoms with Gasteiger partial charge in [-0.25, -0.2) is 0 Å². The molecule has 1 N–H and O–H groups in total. The molecule has 1 rings (SSSR count). The van der Waals surface area contributed by atoms with E-state index in [9.17, 15) is 0 Å². The highest BCUT2D eigenvalue weighted by atomic mass is 16.6. The Labute approximate surface area is 71.1 Å². The summed E-state index contributed by atoms with van der Waals surface area (Å²) in [6.07, 6.45) is 10.6. The molecule has 1 aliphatic heterocycles. The van der Waals surface area contributed by atoms with Gasteiger partial charge in [0.1, 0.15) is 0 Å². The molecule has 1 atom stereocenters. The smallest absolute Gasteiger partial charge is 0.154 e. The molecule has 1 saturated heterocycles. The molecule has 11 heavy (non-hydrogen) atoms. The van der Waals surface area contributed by atoms with Crippen molar-refractivity contribution in [1.29, 1.82) is 0 Å². The zero-order valence-electron chi connectivity index (χ0n) is 7.42. The van der Waals surface area contributed by atoms with Crippen molar-refractivity contribution in [3.8, 4) is 12.8 Å². The highest BCUT2D eigenvalue weighted by molar-refractivity contribution is 4.50. The highest BCUT2D eigenvalue weighted by Gasteiger charge is 2.07. The minimum atomic E-state index is -0.464. The Morgan fingerprint density at radius 1 is 1.36 bits per heavy atom. The SMILES string of the molecule is C#C.CC.OC1CCCCO1.[HH]. The van der Waals surface area contributed by atoms with Crippen molar-refractivity contribution in [1.82, 2.24) is 0 Å². The fourth-order valence-electron chi connectivity index (χ4n) is 0.724. The van der Waals surface area contributed by atoms with Gasteiger partial charge in [-0.3, -0.25) is 0 Å². The standard InChI is InChI=1S/C5H10O2.C2H6.C2H2.H2/c6-5-3-1-2-4-7-5;2*1-2;/h5-6H,1-4H2;1-2H3;1-2H;1H. The summed E-state index contributed by atoms with van der Waals surface area (Å²) in [5.41, 5.74) is 0. The lowest BCUT2D eigenvalue weighted by molar-refractivity contribution is -0.123. The van der Waals surface area contributed by atoms with E-state index in [1.807, 2.05) is 13.8 Å². The zero-order valence-corrected chi connectivity index (χ0v) is 7.42. The van der Waals surface area contributed by atoms with Crippen LogP contribution in [-0.4, -0.2) is 18.0 Å². The van der Waals surface area contributed by atoms with E-state index < -0.39 is 6.29 Å². The van der Waals surface area contributed by atoms with Crippen LogP contribution in [0.5, 0.6) is 0 Å². The van der Waals surface area contributed by atoms with E-state index in [-0.39, 0.29) is 1.43 Å². The lowest BCUT2D eigenvalue weighted by Gasteiger charge is -2.16. The van der Waals surface area contributed by atoms with E-state index in [0.717, 1.165) is 25.9 Å². The lowest BCUT2D eigenvalue weighted by atomic mass is 10.2. The third-order valence-electron chi connectivity index (χ3n) is 1.16. The van der Waals surface area contributed by atoms with Gasteiger partial charge in [-0.1, -0.05) is 13.8 Å². The summed E-state index contributed by atoms with van der Waals surface area (Å²) in [6.45, 7) is 4.74. The predicted octanol–water partition coefficient (Wildman–Crippen LogP) is 2.03. The van der Waals surface area contributed by atoms with E-state index in [1.54, 1.807) is 0 Å². The molecule has 68 valence electrons. The second kappa shape index (κ2) is 12.2. The zero-order chi connectivity index (χ0) is 9.11. The first-order chi connectivity index (χ1) is 5.39. The first-order valence-electron chi connectivity index (χ1n) is 4.02. The molecule has 2 heteroatoms. The molecule has 1 unspecified atom stereocenters. The summed E-state index contributed by atoms with van der Waals surface area (Å²) in [5.74, 6) is 0. The van der Waals surface area contributed by atoms with Crippen LogP contribution in [0, 0.1) is 12.8 Å². The van der Waals surface area contributed by atoms with Gasteiger partial charge in [-0.2, -0.15) is 0 Å². The maximum atomic E-state index is 8.69. The quantitative estimate of drug-likeness (QED) is 0.549. The Bertz CT molecular complexity index is 77.8. The topological polar surface area (TPSA) is 29.5 Å². The van der Waals surface area contributed by atoms with Gasteiger partial charge < -0.3 is 9.84 Å². The normalized spacial score (nSPS) is 21.7. The molecule has 1 heterocycles. The molecule has 2 nitrogen and oxygen atoms in total. The van der Waals surface area contributed by atoms with Crippen LogP contribution in [0.1, 0.15) is 34.5 Å². The van der Waals surface area contributed by atoms with Gasteiger partial charge in [-0.15, -0.1) is 12.8 Å². The van der Waals surface area contributed by atoms with Gasteiger partial charge >= 0.3 is 0 Å². The molecule has 0 aliphatic carbocycles. The first kappa shape index (κ1) is 13.1. The molecule has 0 aromatic heterocycles. The van der Waals surface area contributed by atoms with Crippen LogP contribution in [0.15, 0.2) is 0 Å². The number of hydrogen-bond donors (Lipinski definition) is 1. The van der Waals surface area contributed by atoms with Gasteiger partial charge in [0.25, 0.3) is 0 Å². The summed E-state index contributed by atoms with van der Waals surface area (Å²) >= 11 is 0. The van der Waals surface area contributed by atoms with Crippen LogP contribution in [-0.2, 0) is 4.74 Å². The molecule has 1 fully saturated rings. The number of terminal acetylenes is 1. The van der Waals surface area contributed by atoms with Crippen LogP contribution in [0.4, 0.5) is 0 Å². The Kier molecular flexibility index (Phi) is 14.5. The minimum absolute atomic E-state index is 0. The average Bonchev–Trinajstić information content (AvgIpc) is 2.13. The third-order valence-corrected chi connectivity index (χ3v) is 1.16. The summed E-state index contributed by atoms with van der Waals surface area (Å²) < 4.78 is 4.83. The largest absolute Gasteiger partial charge is 0.368 e. The first-order valence-corrected chi connectivity index (χ1v) is 4.02. The molecule has 0 bridgehead atoms. The van der Waals surface area contributed by atoms with E-state index in [2.05, 4.69) is 12.8 Å². The van der Waals surface area contributed by atoms with Crippen LogP contribution < -0.4 is 0 Å². The fourth-order valence-corrected chi connectivity index (χ4v) is 0.724. The van der Waals surface area contributed by atoms with Crippen molar-refractivity contribution in [3.63, 3.8) is 0 Å². The van der Waals surface area contributed by atoms with E-state index >= 15 is 0 Å². The number of hydrogen-bond acceptors (Lipinski definition) is 2. The number of ether oxygens (including phenoxy) is 1. The van der Waals surface area contributed by atoms with Gasteiger partial charge in [0, 0.05) is 8.03 Å². The molecule has 0 radical (unpaired) electrons. The molecular weight excluding hydrogens is 140 g/mol. The average molecular weight is 160 g/mol. The highest BCUT2D eigenvalue weighted by Crippen LogP contribution is 2.08. The summed E-state index contributed by atoms with van der Waals surface area (Å²) in [5, 5.41) is 8.69. The molecule has 0 saturated carbocycles. The van der Waals surface area contributed by atoms with Crippen molar-refractivity contribution >= 4 is 0 Å². The Morgan fingerprint density at radius 2 is 1.91 bits per heavy atom. The van der Waals surface area contributed by atoms with E-state index in [1.165, 1.54) is 0 Å². The predicted molar refractivity (Wildman–Crippen MR) is 49.2 cm³/mol. The van der Waals surface area contributed by atoms with E-state index in [4.69, 9.17) is 9.84 Å². The van der Waals surface area contributed by atoms with Gasteiger partial charge in [0.2, 0.25) is 0 Å². The third kappa shape index (κ3) is 9.48. The Balaban J connectivity index is -0.000000144. The van der Waals surface area contributed by atoms with Gasteiger partial charge in [0.05, 0.1) is 0 Å². The molecule has 0 aromatic carbocycles. The molecule has 0 spiro atoms. The van der Waals surface area contributed by atoms with Crippen molar-refractivity contribution in [2.24, 2.45) is 0 Å². The van der Waals surface area contributed by atoms with Crippen LogP contribution in [0.2, 0.25) is 0 Å². The maximum absolute atomic E-state index is 8.69. The number of aliphatic hydroxyl groups is 1. The number of rotatable bonds is 0. The molecular formula is C9H20O2. The molecule has 0 amide bonds. The van der Waals surface area contributed by atoms with Crippen LogP contribution >= 0.6 is 0 Å². The monoisotopic (exact) mass is 160 g/mol. The lowest BCUT2D eigenvalue weighted by Crippen LogP contribution is -2.17. The summed E-state index contributed by atoms with van der Waals surface area (Å²) in [7, 11) is 0. The second-order valence-electron chi connectivity index (χ2n) is 1.82. The Morgan fingerprint density at radius 3 is 2.09 bits per heavy atom. The van der Waals surface area contributed by atoms with Crippen molar-refractivity contribution < 1.29 is 11.3 Å². The summed E-state index contributed by atoms with van der Waals surface area (Å²) in [6, 6.07) is 0. The van der Waals surface area contributed by atoms with Crippen LogP contribution in [0.3, 0.4) is 0 Å². The number of aliphatic hydroxyl groups excluding tert-OH is 1. The van der Waals surface area contributed by atoms with Crippen LogP contribution in [0.25, 0.3) is 0 Å². The second-order valence-corrected chi connectivity index (χ2v) is 1.82.